The number of rotatable bonds is 1. The molecule has 1 N–H and O–H groups in total. The van der Waals surface area contributed by atoms with Crippen LogP contribution in [-0.4, -0.2) is 25.2 Å². The zero-order valence-electron chi connectivity index (χ0n) is 11.5. The number of carbonyl (C=O) groups is 1. The summed E-state index contributed by atoms with van der Waals surface area (Å²) >= 11 is 0. The molecule has 0 bridgehead atoms. The molecule has 1 aromatic rings. The highest BCUT2D eigenvalue weighted by atomic mass is 16.5. The zero-order chi connectivity index (χ0) is 13.4. The number of hydrogen-bond donors (Lipinski definition) is 1. The molecular formula is C15H21NO2. The molecule has 0 aromatic heterocycles. The van der Waals surface area contributed by atoms with Gasteiger partial charge >= 0.3 is 5.97 Å². The van der Waals surface area contributed by atoms with Crippen molar-refractivity contribution in [1.82, 2.24) is 5.32 Å². The van der Waals surface area contributed by atoms with Gasteiger partial charge in [0.2, 0.25) is 0 Å². The van der Waals surface area contributed by atoms with Crippen molar-refractivity contribution in [3.8, 4) is 0 Å². The van der Waals surface area contributed by atoms with Gasteiger partial charge in [0, 0.05) is 12.1 Å². The summed E-state index contributed by atoms with van der Waals surface area (Å²) in [5.74, 6) is -0.180. The largest absolute Gasteiger partial charge is 0.468 e. The van der Waals surface area contributed by atoms with E-state index in [0.29, 0.717) is 6.54 Å². The van der Waals surface area contributed by atoms with Gasteiger partial charge in [-0.25, -0.2) is 0 Å². The molecule has 3 nitrogen and oxygen atoms in total. The first-order valence-corrected chi connectivity index (χ1v) is 6.31. The molecule has 18 heavy (non-hydrogen) atoms. The van der Waals surface area contributed by atoms with Crippen molar-refractivity contribution < 1.29 is 9.53 Å². The minimum Gasteiger partial charge on any atom is -0.468 e. The van der Waals surface area contributed by atoms with Gasteiger partial charge < -0.3 is 10.1 Å². The molecule has 0 spiro atoms. The van der Waals surface area contributed by atoms with Crippen LogP contribution in [0.4, 0.5) is 0 Å². The van der Waals surface area contributed by atoms with Gasteiger partial charge in [-0.05, 0) is 38.3 Å². The quantitative estimate of drug-likeness (QED) is 0.772. The summed E-state index contributed by atoms with van der Waals surface area (Å²) in [6.07, 6.45) is 0.912. The molecule has 3 heteroatoms. The van der Waals surface area contributed by atoms with Crippen LogP contribution in [0.1, 0.15) is 31.9 Å². The molecule has 98 valence electrons. The predicted molar refractivity (Wildman–Crippen MR) is 71.6 cm³/mol. The van der Waals surface area contributed by atoms with Gasteiger partial charge in [0.15, 0.2) is 0 Å². The third kappa shape index (κ3) is 2.15. The topological polar surface area (TPSA) is 38.3 Å². The van der Waals surface area contributed by atoms with Gasteiger partial charge in [-0.1, -0.05) is 24.3 Å². The highest BCUT2D eigenvalue weighted by Gasteiger charge is 2.41. The average Bonchev–Trinajstić information content (AvgIpc) is 2.45. The van der Waals surface area contributed by atoms with Gasteiger partial charge in [0.25, 0.3) is 0 Å². The van der Waals surface area contributed by atoms with Crippen LogP contribution >= 0.6 is 0 Å². The van der Waals surface area contributed by atoms with E-state index < -0.39 is 5.41 Å². The fourth-order valence-electron chi connectivity index (χ4n) is 2.67. The number of fused-ring (bicyclic) bond motifs is 1. The lowest BCUT2D eigenvalue weighted by Crippen LogP contribution is -2.48. The Hall–Kier alpha value is -1.35. The first kappa shape index (κ1) is 13.1. The summed E-state index contributed by atoms with van der Waals surface area (Å²) in [4.78, 5) is 12.2. The van der Waals surface area contributed by atoms with Crippen LogP contribution in [0.5, 0.6) is 0 Å². The normalized spacial score (nSPS) is 26.0. The van der Waals surface area contributed by atoms with Gasteiger partial charge in [0.05, 0.1) is 7.11 Å². The van der Waals surface area contributed by atoms with Crippen molar-refractivity contribution in [1.29, 1.82) is 0 Å². The van der Waals surface area contributed by atoms with E-state index in [1.54, 1.807) is 0 Å². The van der Waals surface area contributed by atoms with Crippen LogP contribution in [0.3, 0.4) is 0 Å². The van der Waals surface area contributed by atoms with Gasteiger partial charge in [-0.2, -0.15) is 0 Å². The summed E-state index contributed by atoms with van der Waals surface area (Å²) in [7, 11) is 1.45. The number of carbonyl (C=O) groups excluding carboxylic acids is 1. The molecule has 1 aromatic carbocycles. The van der Waals surface area contributed by atoms with Crippen molar-refractivity contribution in [3.05, 3.63) is 35.4 Å². The molecule has 0 fully saturated rings. The summed E-state index contributed by atoms with van der Waals surface area (Å²) < 4.78 is 4.99. The molecule has 0 amide bonds. The fourth-order valence-corrected chi connectivity index (χ4v) is 2.67. The molecule has 1 aliphatic rings. The Morgan fingerprint density at radius 2 is 1.94 bits per heavy atom. The Morgan fingerprint density at radius 3 is 2.61 bits per heavy atom. The number of ether oxygens (including phenoxy) is 1. The van der Waals surface area contributed by atoms with E-state index in [-0.39, 0.29) is 11.5 Å². The van der Waals surface area contributed by atoms with Crippen molar-refractivity contribution in [3.63, 3.8) is 0 Å². The second-order valence-electron chi connectivity index (χ2n) is 5.90. The van der Waals surface area contributed by atoms with E-state index in [2.05, 4.69) is 25.2 Å². The number of benzene rings is 1. The SMILES string of the molecule is COC(=O)C1(C)CNC(C)(C)Cc2ccccc21. The highest BCUT2D eigenvalue weighted by molar-refractivity contribution is 5.83. The Balaban J connectivity index is 2.55. The molecule has 0 saturated carbocycles. The highest BCUT2D eigenvalue weighted by Crippen LogP contribution is 2.33. The van der Waals surface area contributed by atoms with E-state index >= 15 is 0 Å². The van der Waals surface area contributed by atoms with Crippen molar-refractivity contribution >= 4 is 5.97 Å². The second-order valence-corrected chi connectivity index (χ2v) is 5.90. The predicted octanol–water partition coefficient (Wildman–Crippen LogP) is 2.04. The molecule has 0 aliphatic carbocycles. The smallest absolute Gasteiger partial charge is 0.317 e. The molecule has 1 unspecified atom stereocenters. The lowest BCUT2D eigenvalue weighted by atomic mass is 9.79. The van der Waals surface area contributed by atoms with E-state index in [1.807, 2.05) is 25.1 Å². The molecule has 0 radical (unpaired) electrons. The van der Waals surface area contributed by atoms with Gasteiger partial charge in [0.1, 0.15) is 5.41 Å². The maximum Gasteiger partial charge on any atom is 0.317 e. The lowest BCUT2D eigenvalue weighted by molar-refractivity contribution is -0.146. The minimum absolute atomic E-state index is 0.0120. The van der Waals surface area contributed by atoms with Gasteiger partial charge in [-0.3, -0.25) is 4.79 Å². The number of hydrogen-bond acceptors (Lipinski definition) is 3. The molecule has 0 saturated heterocycles. The second kappa shape index (κ2) is 4.39. The maximum absolute atomic E-state index is 12.2. The summed E-state index contributed by atoms with van der Waals surface area (Å²) in [5.41, 5.74) is 1.68. The van der Waals surface area contributed by atoms with E-state index in [4.69, 9.17) is 4.74 Å². The van der Waals surface area contributed by atoms with E-state index in [0.717, 1.165) is 12.0 Å². The Labute approximate surface area is 109 Å². The maximum atomic E-state index is 12.2. The van der Waals surface area contributed by atoms with Crippen molar-refractivity contribution in [2.45, 2.75) is 38.1 Å². The van der Waals surface area contributed by atoms with Crippen LogP contribution in [-0.2, 0) is 21.4 Å². The average molecular weight is 247 g/mol. The summed E-state index contributed by atoms with van der Waals surface area (Å²) in [6.45, 7) is 6.87. The summed E-state index contributed by atoms with van der Waals surface area (Å²) in [5, 5.41) is 3.47. The Morgan fingerprint density at radius 1 is 1.28 bits per heavy atom. The molecule has 1 heterocycles. The molecule has 2 rings (SSSR count). The minimum atomic E-state index is -0.612. The van der Waals surface area contributed by atoms with Gasteiger partial charge in [-0.15, -0.1) is 0 Å². The number of esters is 1. The summed E-state index contributed by atoms with van der Waals surface area (Å²) in [6, 6.07) is 8.15. The first-order valence-electron chi connectivity index (χ1n) is 6.31. The number of methoxy groups -OCH3 is 1. The monoisotopic (exact) mass is 247 g/mol. The standard InChI is InChI=1S/C15H21NO2/c1-14(2)9-11-7-5-6-8-12(11)15(3,10-16-14)13(17)18-4/h5-8,16H,9-10H2,1-4H3. The zero-order valence-corrected chi connectivity index (χ0v) is 11.5. The Bertz CT molecular complexity index is 467. The third-order valence-corrected chi connectivity index (χ3v) is 3.80. The van der Waals surface area contributed by atoms with Crippen molar-refractivity contribution in [2.24, 2.45) is 0 Å². The Kier molecular flexibility index (Phi) is 3.20. The molecule has 1 aliphatic heterocycles. The van der Waals surface area contributed by atoms with Crippen LogP contribution in [0.15, 0.2) is 24.3 Å². The molecule has 1 atom stereocenters. The molecular weight excluding hydrogens is 226 g/mol. The van der Waals surface area contributed by atoms with Crippen LogP contribution < -0.4 is 5.32 Å². The first-order chi connectivity index (χ1) is 8.39. The fraction of sp³-hybridized carbons (Fsp3) is 0.533. The van der Waals surface area contributed by atoms with Crippen LogP contribution in [0, 0.1) is 0 Å². The number of nitrogens with one attached hydrogen (secondary N) is 1. The van der Waals surface area contributed by atoms with E-state index in [1.165, 1.54) is 12.7 Å². The lowest BCUT2D eigenvalue weighted by Gasteiger charge is -2.29. The van der Waals surface area contributed by atoms with Crippen molar-refractivity contribution in [2.75, 3.05) is 13.7 Å². The third-order valence-electron chi connectivity index (χ3n) is 3.80. The van der Waals surface area contributed by atoms with E-state index in [9.17, 15) is 4.79 Å². The van der Waals surface area contributed by atoms with Crippen LogP contribution in [0.25, 0.3) is 0 Å². The van der Waals surface area contributed by atoms with Crippen LogP contribution in [0.2, 0.25) is 0 Å².